The average Bonchev–Trinajstić information content (AvgIpc) is 3.35. The summed E-state index contributed by atoms with van der Waals surface area (Å²) in [5, 5.41) is 13.9. The predicted octanol–water partition coefficient (Wildman–Crippen LogP) is 5.22. The smallest absolute Gasteiger partial charge is 0.261 e. The maximum absolute atomic E-state index is 11.8. The summed E-state index contributed by atoms with van der Waals surface area (Å²) in [5.41, 5.74) is 2.43. The van der Waals surface area contributed by atoms with Crippen LogP contribution in [0.15, 0.2) is 60.7 Å². The molecule has 212 valence electrons. The normalized spacial score (nSPS) is 26.6. The first-order valence-corrected chi connectivity index (χ1v) is 18.9. The van der Waals surface area contributed by atoms with Crippen LogP contribution in [0.25, 0.3) is 0 Å². The van der Waals surface area contributed by atoms with Crippen molar-refractivity contribution in [3.63, 3.8) is 0 Å². The summed E-state index contributed by atoms with van der Waals surface area (Å²) in [6.07, 6.45) is -2.33. The zero-order chi connectivity index (χ0) is 28.5. The first-order chi connectivity index (χ1) is 18.4. The largest absolute Gasteiger partial charge is 0.403 e. The Bertz CT molecular complexity index is 1120. The standard InChI is InChI=1S/C32H46O5Si2/c1-9-38(10-2,11-3)23-22-32(28(33)27-29(37-32)36-31(7,8)35-27)24-34-39(30(4,5)6,25-18-14-12-15-19-25)26-20-16-13-17-21-26/h12-21,27-29,33H,9-11,24H2,1-8H3/t27?,28-,29-,32-/m1/s1. The Morgan fingerprint density at radius 3 is 1.79 bits per heavy atom. The van der Waals surface area contributed by atoms with Crippen molar-refractivity contribution in [3.8, 4) is 11.5 Å². The lowest BCUT2D eigenvalue weighted by Gasteiger charge is -2.44. The highest BCUT2D eigenvalue weighted by Crippen LogP contribution is 2.44. The third-order valence-corrected chi connectivity index (χ3v) is 18.4. The molecule has 2 saturated heterocycles. The summed E-state index contributed by atoms with van der Waals surface area (Å²) in [7, 11) is -4.73. The van der Waals surface area contributed by atoms with Gasteiger partial charge in [-0.1, -0.05) is 108 Å². The minimum atomic E-state index is -2.89. The van der Waals surface area contributed by atoms with E-state index >= 15 is 0 Å². The number of aliphatic hydroxyl groups is 1. The molecule has 4 rings (SSSR count). The Hall–Kier alpha value is -1.77. The molecule has 1 unspecified atom stereocenters. The van der Waals surface area contributed by atoms with Gasteiger partial charge < -0.3 is 23.7 Å². The summed E-state index contributed by atoms with van der Waals surface area (Å²) < 4.78 is 26.0. The molecule has 2 aliphatic heterocycles. The molecule has 2 heterocycles. The van der Waals surface area contributed by atoms with Crippen molar-refractivity contribution in [3.05, 3.63) is 60.7 Å². The highest BCUT2D eigenvalue weighted by atomic mass is 28.4. The second kappa shape index (κ2) is 11.2. The van der Waals surface area contributed by atoms with Crippen LogP contribution in [-0.4, -0.2) is 58.0 Å². The fraction of sp³-hybridized carbons (Fsp3) is 0.562. The molecule has 2 aromatic rings. The molecule has 2 aromatic carbocycles. The summed E-state index contributed by atoms with van der Waals surface area (Å²) >= 11 is 0. The van der Waals surface area contributed by atoms with Gasteiger partial charge in [0.2, 0.25) is 0 Å². The van der Waals surface area contributed by atoms with Crippen LogP contribution in [0.3, 0.4) is 0 Å². The van der Waals surface area contributed by atoms with Crippen LogP contribution in [0, 0.1) is 11.5 Å². The molecule has 7 heteroatoms. The lowest BCUT2D eigenvalue weighted by atomic mass is 9.97. The predicted molar refractivity (Wildman–Crippen MR) is 162 cm³/mol. The average molecular weight is 567 g/mol. The number of ether oxygens (including phenoxy) is 3. The van der Waals surface area contributed by atoms with Gasteiger partial charge in [0.15, 0.2) is 17.7 Å². The van der Waals surface area contributed by atoms with E-state index in [0.717, 1.165) is 18.1 Å². The molecular formula is C32H46O5Si2. The van der Waals surface area contributed by atoms with E-state index in [9.17, 15) is 5.11 Å². The molecule has 0 radical (unpaired) electrons. The van der Waals surface area contributed by atoms with E-state index in [0.29, 0.717) is 0 Å². The van der Waals surface area contributed by atoms with E-state index in [-0.39, 0.29) is 11.6 Å². The molecule has 0 aromatic heterocycles. The van der Waals surface area contributed by atoms with Crippen molar-refractivity contribution < 1.29 is 23.7 Å². The van der Waals surface area contributed by atoms with Crippen molar-refractivity contribution >= 4 is 26.8 Å². The van der Waals surface area contributed by atoms with Gasteiger partial charge in [0.1, 0.15) is 20.3 Å². The third-order valence-electron chi connectivity index (χ3n) is 8.69. The fourth-order valence-corrected chi connectivity index (χ4v) is 13.2. The Morgan fingerprint density at radius 1 is 0.846 bits per heavy atom. The van der Waals surface area contributed by atoms with Crippen LogP contribution in [0.4, 0.5) is 0 Å². The summed E-state index contributed by atoms with van der Waals surface area (Å²) in [6, 6.07) is 24.2. The van der Waals surface area contributed by atoms with Crippen LogP contribution in [0.2, 0.25) is 23.2 Å². The van der Waals surface area contributed by atoms with E-state index in [1.54, 1.807) is 0 Å². The molecule has 0 amide bonds. The Labute approximate surface area is 237 Å². The highest BCUT2D eigenvalue weighted by molar-refractivity contribution is 6.99. The molecule has 0 spiro atoms. The number of rotatable bonds is 8. The van der Waals surface area contributed by atoms with Gasteiger partial charge in [0, 0.05) is 0 Å². The topological polar surface area (TPSA) is 57.2 Å². The van der Waals surface area contributed by atoms with Crippen molar-refractivity contribution in [2.75, 3.05) is 6.61 Å². The van der Waals surface area contributed by atoms with Gasteiger partial charge in [-0.15, -0.1) is 5.54 Å². The van der Waals surface area contributed by atoms with E-state index in [1.807, 2.05) is 26.0 Å². The number of fused-ring (bicyclic) bond motifs is 1. The van der Waals surface area contributed by atoms with Gasteiger partial charge in [-0.2, -0.15) is 0 Å². The van der Waals surface area contributed by atoms with Gasteiger partial charge in [0.05, 0.1) is 6.61 Å². The van der Waals surface area contributed by atoms with E-state index in [4.69, 9.17) is 18.6 Å². The lowest BCUT2D eigenvalue weighted by Crippen LogP contribution is -2.68. The number of aliphatic hydroxyl groups excluding tert-OH is 1. The van der Waals surface area contributed by atoms with Gasteiger partial charge in [-0.3, -0.25) is 0 Å². The first-order valence-electron chi connectivity index (χ1n) is 14.4. The molecule has 39 heavy (non-hydrogen) atoms. The minimum absolute atomic E-state index is 0.121. The van der Waals surface area contributed by atoms with Gasteiger partial charge in [0.25, 0.3) is 8.32 Å². The monoisotopic (exact) mass is 566 g/mol. The quantitative estimate of drug-likeness (QED) is 0.351. The zero-order valence-electron chi connectivity index (χ0n) is 24.9. The molecule has 5 nitrogen and oxygen atoms in total. The third kappa shape index (κ3) is 5.58. The van der Waals surface area contributed by atoms with Gasteiger partial charge >= 0.3 is 0 Å². The van der Waals surface area contributed by atoms with E-state index in [2.05, 4.69) is 102 Å². The second-order valence-corrected chi connectivity index (χ2v) is 21.7. The van der Waals surface area contributed by atoms with Crippen molar-refractivity contribution in [1.29, 1.82) is 0 Å². The molecule has 2 aliphatic rings. The second-order valence-electron chi connectivity index (χ2n) is 12.5. The fourth-order valence-electron chi connectivity index (χ4n) is 6.09. The van der Waals surface area contributed by atoms with Crippen LogP contribution in [0.1, 0.15) is 55.4 Å². The van der Waals surface area contributed by atoms with Gasteiger partial charge in [-0.05, 0) is 47.4 Å². The maximum atomic E-state index is 11.8. The Kier molecular flexibility index (Phi) is 8.71. The van der Waals surface area contributed by atoms with Crippen molar-refractivity contribution in [2.24, 2.45) is 0 Å². The van der Waals surface area contributed by atoms with Crippen LogP contribution >= 0.6 is 0 Å². The van der Waals surface area contributed by atoms with Crippen LogP contribution < -0.4 is 10.4 Å². The van der Waals surface area contributed by atoms with E-state index < -0.39 is 46.3 Å². The molecule has 0 bridgehead atoms. The number of hydrogen-bond donors (Lipinski definition) is 1. The number of hydrogen-bond acceptors (Lipinski definition) is 5. The summed E-state index contributed by atoms with van der Waals surface area (Å²) in [4.78, 5) is 0. The first kappa shape index (κ1) is 30.2. The lowest BCUT2D eigenvalue weighted by molar-refractivity contribution is -0.231. The van der Waals surface area contributed by atoms with Gasteiger partial charge in [-0.25, -0.2) is 0 Å². The zero-order valence-corrected chi connectivity index (χ0v) is 26.9. The minimum Gasteiger partial charge on any atom is -0.403 e. The SMILES string of the molecule is CC[Si](C#C[C@]1(CO[Si](c2ccccc2)(c2ccccc2)C(C)(C)C)O[C@H]2OC(C)(C)OC2[C@H]1O)(CC)CC. The molecular weight excluding hydrogens is 521 g/mol. The summed E-state index contributed by atoms with van der Waals surface area (Å²) in [6.45, 7) is 17.2. The summed E-state index contributed by atoms with van der Waals surface area (Å²) in [5.74, 6) is 2.67. The Balaban J connectivity index is 1.83. The molecule has 4 atom stereocenters. The maximum Gasteiger partial charge on any atom is 0.261 e. The molecule has 0 aliphatic carbocycles. The van der Waals surface area contributed by atoms with Crippen LogP contribution in [0.5, 0.6) is 0 Å². The number of benzene rings is 2. The van der Waals surface area contributed by atoms with Crippen LogP contribution in [-0.2, 0) is 18.6 Å². The molecule has 2 fully saturated rings. The van der Waals surface area contributed by atoms with Crippen molar-refractivity contribution in [1.82, 2.24) is 0 Å². The molecule has 1 N–H and O–H groups in total. The van der Waals surface area contributed by atoms with Crippen molar-refractivity contribution in [2.45, 2.75) is 108 Å². The van der Waals surface area contributed by atoms with E-state index in [1.165, 1.54) is 10.4 Å². The molecule has 0 saturated carbocycles. The highest BCUT2D eigenvalue weighted by Gasteiger charge is 2.63. The Morgan fingerprint density at radius 2 is 1.36 bits per heavy atom.